The van der Waals surface area contributed by atoms with Crippen LogP contribution in [0.15, 0.2) is 29.2 Å². The van der Waals surface area contributed by atoms with Crippen molar-refractivity contribution in [1.82, 2.24) is 10.6 Å². The van der Waals surface area contributed by atoms with Gasteiger partial charge in [-0.1, -0.05) is 12.1 Å². The second kappa shape index (κ2) is 5.46. The van der Waals surface area contributed by atoms with E-state index in [-0.39, 0.29) is 6.04 Å². The maximum Gasteiger partial charge on any atom is 0.175 e. The Balaban J connectivity index is 1.98. The molecule has 4 nitrogen and oxygen atoms in total. The highest BCUT2D eigenvalue weighted by molar-refractivity contribution is 7.90. The summed E-state index contributed by atoms with van der Waals surface area (Å²) in [7, 11) is -3.13. The van der Waals surface area contributed by atoms with Crippen molar-refractivity contribution >= 4 is 27.2 Å². The molecule has 1 aromatic rings. The van der Waals surface area contributed by atoms with E-state index in [1.807, 2.05) is 19.1 Å². The van der Waals surface area contributed by atoms with E-state index in [1.54, 1.807) is 12.1 Å². The molecule has 0 aromatic heterocycles. The molecule has 0 radical (unpaired) electrons. The van der Waals surface area contributed by atoms with Crippen LogP contribution in [0, 0.1) is 0 Å². The minimum atomic E-state index is -3.13. The Labute approximate surface area is 119 Å². The van der Waals surface area contributed by atoms with Gasteiger partial charge in [0.05, 0.1) is 10.9 Å². The molecule has 0 aliphatic heterocycles. The lowest BCUT2D eigenvalue weighted by Crippen LogP contribution is -2.37. The maximum absolute atomic E-state index is 11.4. The normalized spacial score (nSPS) is 16.7. The third-order valence-electron chi connectivity index (χ3n) is 3.07. The first-order chi connectivity index (χ1) is 8.86. The zero-order valence-electron chi connectivity index (χ0n) is 11.0. The van der Waals surface area contributed by atoms with Crippen LogP contribution >= 0.6 is 12.2 Å². The van der Waals surface area contributed by atoms with Gasteiger partial charge in [0.2, 0.25) is 0 Å². The van der Waals surface area contributed by atoms with Crippen LogP contribution in [0.25, 0.3) is 0 Å². The molecule has 2 rings (SSSR count). The van der Waals surface area contributed by atoms with Crippen LogP contribution in [-0.4, -0.2) is 25.8 Å². The van der Waals surface area contributed by atoms with Crippen LogP contribution < -0.4 is 10.6 Å². The maximum atomic E-state index is 11.4. The van der Waals surface area contributed by atoms with Crippen molar-refractivity contribution in [2.24, 2.45) is 0 Å². The Morgan fingerprint density at radius 1 is 1.32 bits per heavy atom. The summed E-state index contributed by atoms with van der Waals surface area (Å²) in [6.45, 7) is 2.00. The van der Waals surface area contributed by atoms with E-state index in [0.717, 1.165) is 5.56 Å². The molecule has 1 fully saturated rings. The highest BCUT2D eigenvalue weighted by Gasteiger charge is 2.22. The Bertz CT molecular complexity index is 563. The number of hydrogen-bond acceptors (Lipinski definition) is 3. The molecule has 6 heteroatoms. The molecule has 2 N–H and O–H groups in total. The van der Waals surface area contributed by atoms with E-state index in [1.165, 1.54) is 19.1 Å². The van der Waals surface area contributed by atoms with Gasteiger partial charge < -0.3 is 10.6 Å². The van der Waals surface area contributed by atoms with E-state index < -0.39 is 9.84 Å². The summed E-state index contributed by atoms with van der Waals surface area (Å²) >= 11 is 5.21. The molecule has 0 heterocycles. The largest absolute Gasteiger partial charge is 0.360 e. The molecular formula is C13H18N2O2S2. The molecule has 1 aliphatic rings. The van der Waals surface area contributed by atoms with E-state index in [2.05, 4.69) is 10.6 Å². The topological polar surface area (TPSA) is 58.2 Å². The van der Waals surface area contributed by atoms with Crippen LogP contribution in [0.3, 0.4) is 0 Å². The lowest BCUT2D eigenvalue weighted by molar-refractivity contribution is 0.601. The first-order valence-corrected chi connectivity index (χ1v) is 8.53. The second-order valence-electron chi connectivity index (χ2n) is 4.95. The standard InChI is InChI=1S/C13H18N2O2S2/c1-9(14-13(18)15-11-5-6-11)10-3-7-12(8-4-10)19(2,16)17/h3-4,7-9,11H,5-6H2,1-2H3,(H2,14,15,18). The summed E-state index contributed by atoms with van der Waals surface area (Å²) in [5.74, 6) is 0. The predicted molar refractivity (Wildman–Crippen MR) is 79.9 cm³/mol. The molecule has 0 bridgehead atoms. The number of thiocarbonyl (C=S) groups is 1. The van der Waals surface area contributed by atoms with Crippen LogP contribution in [0.2, 0.25) is 0 Å². The lowest BCUT2D eigenvalue weighted by Gasteiger charge is -2.17. The van der Waals surface area contributed by atoms with Crippen molar-refractivity contribution < 1.29 is 8.42 Å². The number of nitrogens with one attached hydrogen (secondary N) is 2. The zero-order valence-corrected chi connectivity index (χ0v) is 12.6. The van der Waals surface area contributed by atoms with Gasteiger partial charge in [-0.2, -0.15) is 0 Å². The van der Waals surface area contributed by atoms with Gasteiger partial charge in [0.25, 0.3) is 0 Å². The molecule has 1 unspecified atom stereocenters. The van der Waals surface area contributed by atoms with Crippen LogP contribution in [0.4, 0.5) is 0 Å². The Kier molecular flexibility index (Phi) is 4.10. The van der Waals surface area contributed by atoms with Gasteiger partial charge in [-0.3, -0.25) is 0 Å². The molecule has 1 saturated carbocycles. The molecule has 0 amide bonds. The summed E-state index contributed by atoms with van der Waals surface area (Å²) in [4.78, 5) is 0.335. The van der Waals surface area contributed by atoms with E-state index in [9.17, 15) is 8.42 Å². The SMILES string of the molecule is CC(NC(=S)NC1CC1)c1ccc(S(C)(=O)=O)cc1. The summed E-state index contributed by atoms with van der Waals surface area (Å²) < 4.78 is 22.7. The molecule has 0 saturated heterocycles. The minimum absolute atomic E-state index is 0.0485. The van der Waals surface area contributed by atoms with E-state index in [0.29, 0.717) is 16.0 Å². The molecule has 0 spiro atoms. The fraction of sp³-hybridized carbons (Fsp3) is 0.462. The van der Waals surface area contributed by atoms with Gasteiger partial charge in [-0.05, 0) is 49.7 Å². The number of benzene rings is 1. The number of sulfone groups is 1. The Morgan fingerprint density at radius 2 is 1.89 bits per heavy atom. The Hall–Kier alpha value is -1.14. The molecule has 1 atom stereocenters. The highest BCUT2D eigenvalue weighted by Crippen LogP contribution is 2.19. The van der Waals surface area contributed by atoms with Crippen LogP contribution in [0.1, 0.15) is 31.4 Å². The van der Waals surface area contributed by atoms with Gasteiger partial charge in [0.15, 0.2) is 14.9 Å². The summed E-state index contributed by atoms with van der Waals surface area (Å²) in [5, 5.41) is 7.07. The zero-order chi connectivity index (χ0) is 14.0. The van der Waals surface area contributed by atoms with Crippen molar-refractivity contribution in [3.8, 4) is 0 Å². The Morgan fingerprint density at radius 3 is 2.37 bits per heavy atom. The number of rotatable bonds is 4. The van der Waals surface area contributed by atoms with Gasteiger partial charge >= 0.3 is 0 Å². The lowest BCUT2D eigenvalue weighted by atomic mass is 10.1. The predicted octanol–water partition coefficient (Wildman–Crippen LogP) is 1.78. The average Bonchev–Trinajstić information content (AvgIpc) is 3.11. The third-order valence-corrected chi connectivity index (χ3v) is 4.43. The molecule has 1 aromatic carbocycles. The fourth-order valence-corrected chi connectivity index (χ4v) is 2.71. The average molecular weight is 298 g/mol. The highest BCUT2D eigenvalue weighted by atomic mass is 32.2. The van der Waals surface area contributed by atoms with E-state index in [4.69, 9.17) is 12.2 Å². The summed E-state index contributed by atoms with van der Waals surface area (Å²) in [5.41, 5.74) is 1.01. The van der Waals surface area contributed by atoms with Gasteiger partial charge in [0, 0.05) is 12.3 Å². The van der Waals surface area contributed by atoms with Crippen molar-refractivity contribution in [3.63, 3.8) is 0 Å². The van der Waals surface area contributed by atoms with Crippen LogP contribution in [-0.2, 0) is 9.84 Å². The monoisotopic (exact) mass is 298 g/mol. The summed E-state index contributed by atoms with van der Waals surface area (Å²) in [6, 6.07) is 7.45. The van der Waals surface area contributed by atoms with Crippen molar-refractivity contribution in [2.75, 3.05) is 6.26 Å². The molecule has 1 aliphatic carbocycles. The quantitative estimate of drug-likeness (QED) is 0.830. The second-order valence-corrected chi connectivity index (χ2v) is 7.38. The van der Waals surface area contributed by atoms with Gasteiger partial charge in [-0.25, -0.2) is 8.42 Å². The van der Waals surface area contributed by atoms with E-state index >= 15 is 0 Å². The first kappa shape index (κ1) is 14.3. The molecule has 19 heavy (non-hydrogen) atoms. The van der Waals surface area contributed by atoms with Crippen molar-refractivity contribution in [3.05, 3.63) is 29.8 Å². The smallest absolute Gasteiger partial charge is 0.175 e. The van der Waals surface area contributed by atoms with Gasteiger partial charge in [-0.15, -0.1) is 0 Å². The third kappa shape index (κ3) is 4.18. The summed E-state index contributed by atoms with van der Waals surface area (Å²) in [6.07, 6.45) is 3.57. The molecular weight excluding hydrogens is 280 g/mol. The van der Waals surface area contributed by atoms with Crippen LogP contribution in [0.5, 0.6) is 0 Å². The van der Waals surface area contributed by atoms with Crippen molar-refractivity contribution in [1.29, 1.82) is 0 Å². The first-order valence-electron chi connectivity index (χ1n) is 6.23. The number of hydrogen-bond donors (Lipinski definition) is 2. The fourth-order valence-electron chi connectivity index (χ4n) is 1.74. The van der Waals surface area contributed by atoms with Crippen molar-refractivity contribution in [2.45, 2.75) is 36.7 Å². The molecule has 104 valence electrons. The van der Waals surface area contributed by atoms with Gasteiger partial charge in [0.1, 0.15) is 0 Å². The minimum Gasteiger partial charge on any atom is -0.360 e.